The van der Waals surface area contributed by atoms with E-state index in [4.69, 9.17) is 4.74 Å². The van der Waals surface area contributed by atoms with E-state index >= 15 is 0 Å². The molecule has 1 aromatic heterocycles. The molecule has 1 saturated heterocycles. The highest BCUT2D eigenvalue weighted by Crippen LogP contribution is 2.09. The van der Waals surface area contributed by atoms with Crippen LogP contribution in [0.5, 0.6) is 5.88 Å². The van der Waals surface area contributed by atoms with Crippen molar-refractivity contribution in [3.63, 3.8) is 0 Å². The van der Waals surface area contributed by atoms with Crippen LogP contribution in [0.1, 0.15) is 12.1 Å². The second-order valence-electron chi connectivity index (χ2n) is 5.29. The van der Waals surface area contributed by atoms with Crippen molar-refractivity contribution < 1.29 is 14.2 Å². The van der Waals surface area contributed by atoms with Crippen LogP contribution in [-0.4, -0.2) is 78.9 Å². The van der Waals surface area contributed by atoms with E-state index in [1.165, 1.54) is 0 Å². The summed E-state index contributed by atoms with van der Waals surface area (Å²) < 4.78 is 9.87. The van der Waals surface area contributed by atoms with Crippen LogP contribution in [0.15, 0.2) is 4.63 Å². The highest BCUT2D eigenvalue weighted by molar-refractivity contribution is 5.77. The van der Waals surface area contributed by atoms with Gasteiger partial charge in [0.05, 0.1) is 13.1 Å². The number of amides is 1. The molecule has 21 heavy (non-hydrogen) atoms. The smallest absolute Gasteiger partial charge is 0.278 e. The lowest BCUT2D eigenvalue weighted by molar-refractivity contribution is -0.122. The number of carbonyl (C=O) groups is 1. The summed E-state index contributed by atoms with van der Waals surface area (Å²) in [6.07, 6.45) is 1.10. The fourth-order valence-electron chi connectivity index (χ4n) is 2.21. The maximum atomic E-state index is 11.9. The minimum Gasteiger partial charge on any atom is -0.472 e. The zero-order chi connectivity index (χ0) is 15.1. The van der Waals surface area contributed by atoms with Gasteiger partial charge in [0.15, 0.2) is 0 Å². The molecule has 1 amide bonds. The minimum atomic E-state index is 0.0261. The monoisotopic (exact) mass is 297 g/mol. The molecule has 1 aliphatic rings. The topological polar surface area (TPSA) is 83.7 Å². The molecular weight excluding hydrogens is 274 g/mol. The van der Waals surface area contributed by atoms with Gasteiger partial charge >= 0.3 is 0 Å². The molecule has 0 bridgehead atoms. The molecule has 0 spiro atoms. The molecule has 0 saturated carbocycles. The molecule has 1 aromatic rings. The summed E-state index contributed by atoms with van der Waals surface area (Å²) in [6, 6.07) is 0. The summed E-state index contributed by atoms with van der Waals surface area (Å²) in [7, 11) is 2.11. The standard InChI is InChI=1S/C13H23N5O3/c1-11-13(16-21-15-11)20-9-4-14-12(19)10-18-6-3-5-17(2)7-8-18/h3-10H2,1-2H3,(H,14,19). The molecular formula is C13H23N5O3. The lowest BCUT2D eigenvalue weighted by Gasteiger charge is -2.19. The van der Waals surface area contributed by atoms with Crippen molar-refractivity contribution in [1.29, 1.82) is 0 Å². The second-order valence-corrected chi connectivity index (χ2v) is 5.29. The summed E-state index contributed by atoms with van der Waals surface area (Å²) in [6.45, 7) is 7.00. The van der Waals surface area contributed by atoms with Gasteiger partial charge in [-0.25, -0.2) is 4.63 Å². The van der Waals surface area contributed by atoms with Gasteiger partial charge in [-0.2, -0.15) is 0 Å². The normalized spacial score (nSPS) is 17.4. The zero-order valence-electron chi connectivity index (χ0n) is 12.7. The SMILES string of the molecule is Cc1nonc1OCCNC(=O)CN1CCCN(C)CC1. The Balaban J connectivity index is 1.60. The lowest BCUT2D eigenvalue weighted by Crippen LogP contribution is -2.40. The predicted octanol–water partition coefficient (Wildman–Crippen LogP) is -0.489. The average Bonchev–Trinajstić information content (AvgIpc) is 2.75. The fourth-order valence-corrected chi connectivity index (χ4v) is 2.21. The summed E-state index contributed by atoms with van der Waals surface area (Å²) in [5, 5.41) is 10.1. The van der Waals surface area contributed by atoms with E-state index in [1.807, 2.05) is 0 Å². The largest absolute Gasteiger partial charge is 0.472 e. The molecule has 1 fully saturated rings. The number of aryl methyl sites for hydroxylation is 1. The Labute approximate surface area is 124 Å². The van der Waals surface area contributed by atoms with E-state index in [9.17, 15) is 4.79 Å². The van der Waals surface area contributed by atoms with Crippen LogP contribution in [0.2, 0.25) is 0 Å². The van der Waals surface area contributed by atoms with Crippen molar-refractivity contribution in [2.24, 2.45) is 0 Å². The average molecular weight is 297 g/mol. The molecule has 2 rings (SSSR count). The molecule has 0 atom stereocenters. The molecule has 2 heterocycles. The molecule has 0 aromatic carbocycles. The minimum absolute atomic E-state index is 0.0261. The van der Waals surface area contributed by atoms with Crippen LogP contribution < -0.4 is 10.1 Å². The molecule has 8 heteroatoms. The molecule has 0 aliphatic carbocycles. The Morgan fingerprint density at radius 3 is 2.95 bits per heavy atom. The first-order valence-corrected chi connectivity index (χ1v) is 7.24. The summed E-state index contributed by atoms with van der Waals surface area (Å²) in [5.74, 6) is 0.401. The van der Waals surface area contributed by atoms with Crippen molar-refractivity contribution in [3.05, 3.63) is 5.69 Å². The van der Waals surface area contributed by atoms with Gasteiger partial charge in [0.2, 0.25) is 5.91 Å². The first kappa shape index (κ1) is 15.7. The van der Waals surface area contributed by atoms with Gasteiger partial charge in [0, 0.05) is 13.1 Å². The molecule has 0 unspecified atom stereocenters. The Bertz CT molecular complexity index is 451. The third-order valence-electron chi connectivity index (χ3n) is 3.45. The van der Waals surface area contributed by atoms with Crippen molar-refractivity contribution in [1.82, 2.24) is 25.4 Å². The number of carbonyl (C=O) groups excluding carboxylic acids is 1. The van der Waals surface area contributed by atoms with E-state index in [1.54, 1.807) is 6.92 Å². The second kappa shape index (κ2) is 7.94. The number of aromatic nitrogens is 2. The Hall–Kier alpha value is -1.67. The van der Waals surface area contributed by atoms with Gasteiger partial charge in [0.25, 0.3) is 5.88 Å². The van der Waals surface area contributed by atoms with Gasteiger partial charge in [-0.15, -0.1) is 0 Å². The summed E-state index contributed by atoms with van der Waals surface area (Å²) in [5.41, 5.74) is 0.606. The van der Waals surface area contributed by atoms with Crippen molar-refractivity contribution in [2.45, 2.75) is 13.3 Å². The predicted molar refractivity (Wildman–Crippen MR) is 76.1 cm³/mol. The molecule has 1 aliphatic heterocycles. The number of hydrogen-bond donors (Lipinski definition) is 1. The van der Waals surface area contributed by atoms with Gasteiger partial charge in [-0.3, -0.25) is 9.69 Å². The van der Waals surface area contributed by atoms with Gasteiger partial charge in [-0.05, 0) is 38.6 Å². The van der Waals surface area contributed by atoms with Crippen molar-refractivity contribution in [2.75, 3.05) is 52.9 Å². The van der Waals surface area contributed by atoms with Crippen molar-refractivity contribution in [3.8, 4) is 5.88 Å². The highest BCUT2D eigenvalue weighted by atomic mass is 16.6. The number of nitrogens with one attached hydrogen (secondary N) is 1. The van der Waals surface area contributed by atoms with Gasteiger partial charge in [-0.1, -0.05) is 5.16 Å². The van der Waals surface area contributed by atoms with E-state index in [-0.39, 0.29) is 5.91 Å². The molecule has 8 nitrogen and oxygen atoms in total. The quantitative estimate of drug-likeness (QED) is 0.709. The van der Waals surface area contributed by atoms with Crippen LogP contribution in [0, 0.1) is 6.92 Å². The maximum Gasteiger partial charge on any atom is 0.278 e. The Kier molecular flexibility index (Phi) is 5.94. The van der Waals surface area contributed by atoms with E-state index in [0.29, 0.717) is 31.3 Å². The van der Waals surface area contributed by atoms with E-state index < -0.39 is 0 Å². The van der Waals surface area contributed by atoms with Crippen LogP contribution in [0.25, 0.3) is 0 Å². The third-order valence-corrected chi connectivity index (χ3v) is 3.45. The number of ether oxygens (including phenoxy) is 1. The number of rotatable bonds is 6. The maximum absolute atomic E-state index is 11.9. The molecule has 1 N–H and O–H groups in total. The van der Waals surface area contributed by atoms with Crippen LogP contribution in [0.3, 0.4) is 0 Å². The van der Waals surface area contributed by atoms with Crippen molar-refractivity contribution >= 4 is 5.91 Å². The van der Waals surface area contributed by atoms with E-state index in [2.05, 4.69) is 37.1 Å². The fraction of sp³-hybridized carbons (Fsp3) is 0.769. The number of likely N-dealkylation sites (N-methyl/N-ethyl adjacent to an activating group) is 1. The molecule has 118 valence electrons. The molecule has 0 radical (unpaired) electrons. The Morgan fingerprint density at radius 1 is 1.33 bits per heavy atom. The number of nitrogens with zero attached hydrogens (tertiary/aromatic N) is 4. The number of hydrogen-bond acceptors (Lipinski definition) is 7. The van der Waals surface area contributed by atoms with E-state index in [0.717, 1.165) is 32.6 Å². The first-order valence-electron chi connectivity index (χ1n) is 7.24. The van der Waals surface area contributed by atoms with Crippen LogP contribution in [-0.2, 0) is 4.79 Å². The summed E-state index contributed by atoms with van der Waals surface area (Å²) >= 11 is 0. The van der Waals surface area contributed by atoms with Gasteiger partial charge < -0.3 is 15.0 Å². The Morgan fingerprint density at radius 2 is 2.19 bits per heavy atom. The van der Waals surface area contributed by atoms with Gasteiger partial charge in [0.1, 0.15) is 12.3 Å². The first-order chi connectivity index (χ1) is 10.1. The zero-order valence-corrected chi connectivity index (χ0v) is 12.7. The third kappa shape index (κ3) is 5.31. The van der Waals surface area contributed by atoms with Crippen LogP contribution >= 0.6 is 0 Å². The highest BCUT2D eigenvalue weighted by Gasteiger charge is 2.14. The lowest BCUT2D eigenvalue weighted by atomic mass is 10.4. The van der Waals surface area contributed by atoms with Crippen LogP contribution in [0.4, 0.5) is 0 Å². The summed E-state index contributed by atoms with van der Waals surface area (Å²) in [4.78, 5) is 16.3.